The van der Waals surface area contributed by atoms with Gasteiger partial charge in [0.15, 0.2) is 0 Å². The van der Waals surface area contributed by atoms with E-state index in [0.717, 1.165) is 0 Å². The van der Waals surface area contributed by atoms with Gasteiger partial charge >= 0.3 is 0 Å². The van der Waals surface area contributed by atoms with E-state index in [4.69, 9.17) is 23.2 Å². The zero-order chi connectivity index (χ0) is 10.9. The van der Waals surface area contributed by atoms with Crippen molar-refractivity contribution >= 4 is 55.1 Å². The van der Waals surface area contributed by atoms with Crippen LogP contribution in [0.15, 0.2) is 0 Å². The number of alkyl halides is 2. The van der Waals surface area contributed by atoms with Gasteiger partial charge in [-0.15, -0.1) is 0 Å². The molecule has 0 fully saturated rings. The number of hydrogen-bond donors (Lipinski definition) is 0. The van der Waals surface area contributed by atoms with E-state index in [1.54, 1.807) is 0 Å². The number of rotatable bonds is 2. The lowest BCUT2D eigenvalue weighted by atomic mass is 10.1. The van der Waals surface area contributed by atoms with Gasteiger partial charge in [0.05, 0.1) is 10.0 Å². The van der Waals surface area contributed by atoms with E-state index in [9.17, 15) is 8.78 Å². The van der Waals surface area contributed by atoms with Crippen LogP contribution >= 0.6 is 55.1 Å². The molecule has 0 aliphatic carbocycles. The molecule has 1 aromatic carbocycles. The highest BCUT2D eigenvalue weighted by molar-refractivity contribution is 9.09. The molecule has 0 aliphatic heterocycles. The van der Waals surface area contributed by atoms with E-state index in [2.05, 4.69) is 31.9 Å². The molecular weight excluding hydrogens is 365 g/mol. The predicted molar refractivity (Wildman–Crippen MR) is 61.6 cm³/mol. The smallest absolute Gasteiger partial charge is 0.147 e. The van der Waals surface area contributed by atoms with Gasteiger partial charge in [0.1, 0.15) is 11.6 Å². The number of hydrogen-bond acceptors (Lipinski definition) is 0. The summed E-state index contributed by atoms with van der Waals surface area (Å²) in [5.74, 6) is -1.35. The molecule has 0 saturated carbocycles. The van der Waals surface area contributed by atoms with Crippen LogP contribution in [0.4, 0.5) is 8.78 Å². The average molecular weight is 369 g/mol. The monoisotopic (exact) mass is 366 g/mol. The normalized spacial score (nSPS) is 10.7. The summed E-state index contributed by atoms with van der Waals surface area (Å²) in [7, 11) is 0. The first-order chi connectivity index (χ1) is 6.54. The molecule has 6 heteroatoms. The molecule has 0 aliphatic rings. The van der Waals surface area contributed by atoms with Gasteiger partial charge in [-0.2, -0.15) is 0 Å². The van der Waals surface area contributed by atoms with Crippen molar-refractivity contribution < 1.29 is 8.78 Å². The molecule has 0 unspecified atom stereocenters. The van der Waals surface area contributed by atoms with Crippen LogP contribution in [0, 0.1) is 11.6 Å². The number of benzene rings is 1. The number of halogens is 6. The van der Waals surface area contributed by atoms with Crippen LogP contribution in [0.2, 0.25) is 10.0 Å². The van der Waals surface area contributed by atoms with E-state index in [0.29, 0.717) is 0 Å². The van der Waals surface area contributed by atoms with Gasteiger partial charge in [0.25, 0.3) is 0 Å². The highest BCUT2D eigenvalue weighted by Crippen LogP contribution is 2.35. The third-order valence-electron chi connectivity index (χ3n) is 1.74. The summed E-state index contributed by atoms with van der Waals surface area (Å²) in [5, 5.41) is -0.368. The molecule has 0 aromatic heterocycles. The zero-order valence-electron chi connectivity index (χ0n) is 6.68. The molecule has 0 N–H and O–H groups in total. The second kappa shape index (κ2) is 5.10. The summed E-state index contributed by atoms with van der Waals surface area (Å²) >= 11 is 17.2. The highest BCUT2D eigenvalue weighted by atomic mass is 79.9. The lowest BCUT2D eigenvalue weighted by Crippen LogP contribution is -2.00. The van der Waals surface area contributed by atoms with E-state index < -0.39 is 11.6 Å². The molecule has 0 bridgehead atoms. The minimum absolute atomic E-state index is 0.188. The molecule has 0 radical (unpaired) electrons. The maximum absolute atomic E-state index is 13.5. The lowest BCUT2D eigenvalue weighted by Gasteiger charge is -2.10. The Morgan fingerprint density at radius 3 is 1.36 bits per heavy atom. The van der Waals surface area contributed by atoms with Crippen molar-refractivity contribution in [3.05, 3.63) is 32.8 Å². The first-order valence-electron chi connectivity index (χ1n) is 3.50. The van der Waals surface area contributed by atoms with Crippen molar-refractivity contribution in [1.82, 2.24) is 0 Å². The molecule has 0 spiro atoms. The van der Waals surface area contributed by atoms with Gasteiger partial charge in [-0.25, -0.2) is 8.78 Å². The van der Waals surface area contributed by atoms with Crippen LogP contribution in [0.5, 0.6) is 0 Å². The second-order valence-electron chi connectivity index (χ2n) is 2.48. The van der Waals surface area contributed by atoms with Crippen molar-refractivity contribution in [2.24, 2.45) is 0 Å². The minimum atomic E-state index is -0.676. The van der Waals surface area contributed by atoms with E-state index in [-0.39, 0.29) is 31.8 Å². The largest absolute Gasteiger partial charge is 0.205 e. The molecule has 0 saturated heterocycles. The predicted octanol–water partition coefficient (Wildman–Crippen LogP) is 5.06. The van der Waals surface area contributed by atoms with Crippen molar-refractivity contribution in [3.63, 3.8) is 0 Å². The second-order valence-corrected chi connectivity index (χ2v) is 4.36. The Labute approximate surface area is 107 Å². The fourth-order valence-corrected chi connectivity index (χ4v) is 2.56. The molecule has 0 amide bonds. The molecule has 0 nitrogen and oxygen atoms in total. The third-order valence-corrected chi connectivity index (χ3v) is 3.67. The first-order valence-corrected chi connectivity index (χ1v) is 6.50. The van der Waals surface area contributed by atoms with Crippen molar-refractivity contribution in [2.45, 2.75) is 10.7 Å². The molecule has 0 heterocycles. The zero-order valence-corrected chi connectivity index (χ0v) is 11.4. The van der Waals surface area contributed by atoms with Crippen molar-refractivity contribution in [1.29, 1.82) is 0 Å². The van der Waals surface area contributed by atoms with Crippen LogP contribution in [0.1, 0.15) is 11.1 Å². The van der Waals surface area contributed by atoms with Gasteiger partial charge in [-0.3, -0.25) is 0 Å². The molecule has 1 aromatic rings. The van der Waals surface area contributed by atoms with Crippen molar-refractivity contribution in [3.8, 4) is 0 Å². The molecule has 14 heavy (non-hydrogen) atoms. The first kappa shape index (κ1) is 12.7. The van der Waals surface area contributed by atoms with Gasteiger partial charge in [0, 0.05) is 21.8 Å². The summed E-state index contributed by atoms with van der Waals surface area (Å²) in [4.78, 5) is 0. The summed E-state index contributed by atoms with van der Waals surface area (Å²) in [6.45, 7) is 0. The van der Waals surface area contributed by atoms with Crippen LogP contribution in [-0.4, -0.2) is 0 Å². The van der Waals surface area contributed by atoms with E-state index in [1.807, 2.05) is 0 Å². The standard InChI is InChI=1S/C8H4Br2Cl2F2/c9-1-3-4(2-10)8(14)6(12)5(11)7(3)13/h1-2H2. The SMILES string of the molecule is Fc1c(Cl)c(Cl)c(F)c(CBr)c1CBr. The van der Waals surface area contributed by atoms with Gasteiger partial charge in [0.2, 0.25) is 0 Å². The Balaban J connectivity index is 3.57. The van der Waals surface area contributed by atoms with Crippen molar-refractivity contribution in [2.75, 3.05) is 0 Å². The van der Waals surface area contributed by atoms with Crippen LogP contribution < -0.4 is 0 Å². The Morgan fingerprint density at radius 1 is 0.857 bits per heavy atom. The summed E-state index contributed by atoms with van der Waals surface area (Å²) < 4.78 is 26.9. The summed E-state index contributed by atoms with van der Waals surface area (Å²) in [6, 6.07) is 0. The molecule has 1 rings (SSSR count). The van der Waals surface area contributed by atoms with Crippen LogP contribution in [0.25, 0.3) is 0 Å². The maximum atomic E-state index is 13.5. The highest BCUT2D eigenvalue weighted by Gasteiger charge is 2.20. The Hall–Kier alpha value is 0.620. The summed E-state index contributed by atoms with van der Waals surface area (Å²) in [5.41, 5.74) is 0.377. The van der Waals surface area contributed by atoms with Gasteiger partial charge in [-0.05, 0) is 0 Å². The summed E-state index contributed by atoms with van der Waals surface area (Å²) in [6.07, 6.45) is 0. The van der Waals surface area contributed by atoms with Gasteiger partial charge in [-0.1, -0.05) is 55.1 Å². The molecule has 0 atom stereocenters. The Morgan fingerprint density at radius 2 is 1.14 bits per heavy atom. The fraction of sp³-hybridized carbons (Fsp3) is 0.250. The molecular formula is C8H4Br2Cl2F2. The third kappa shape index (κ3) is 2.08. The maximum Gasteiger partial charge on any atom is 0.147 e. The quantitative estimate of drug-likeness (QED) is 0.389. The Bertz CT molecular complexity index is 334. The molecule has 78 valence electrons. The van der Waals surface area contributed by atoms with Crippen LogP contribution in [-0.2, 0) is 10.7 Å². The van der Waals surface area contributed by atoms with Crippen LogP contribution in [0.3, 0.4) is 0 Å². The lowest BCUT2D eigenvalue weighted by molar-refractivity contribution is 0.584. The van der Waals surface area contributed by atoms with Gasteiger partial charge < -0.3 is 0 Å². The Kier molecular flexibility index (Phi) is 4.62. The van der Waals surface area contributed by atoms with E-state index >= 15 is 0 Å². The average Bonchev–Trinajstić information content (AvgIpc) is 2.20. The van der Waals surface area contributed by atoms with E-state index in [1.165, 1.54) is 0 Å². The topological polar surface area (TPSA) is 0 Å². The fourth-order valence-electron chi connectivity index (χ4n) is 1.00. The minimum Gasteiger partial charge on any atom is -0.205 e.